The first kappa shape index (κ1) is 12.5. The largest absolute Gasteiger partial charge is 0.313 e. The zero-order valence-corrected chi connectivity index (χ0v) is 11.4. The fourth-order valence-electron chi connectivity index (χ4n) is 2.22. The van der Waals surface area contributed by atoms with E-state index in [-0.39, 0.29) is 17.9 Å². The molecule has 0 saturated carbocycles. The molecule has 2 rings (SSSR count). The van der Waals surface area contributed by atoms with Gasteiger partial charge in [0.15, 0.2) is 5.13 Å². The predicted molar refractivity (Wildman–Crippen MR) is 70.4 cm³/mol. The van der Waals surface area contributed by atoms with Crippen molar-refractivity contribution in [3.05, 3.63) is 10.6 Å². The van der Waals surface area contributed by atoms with E-state index >= 15 is 0 Å². The van der Waals surface area contributed by atoms with Gasteiger partial charge in [-0.3, -0.25) is 4.79 Å². The summed E-state index contributed by atoms with van der Waals surface area (Å²) in [5.41, 5.74) is 1.09. The Morgan fingerprint density at radius 2 is 2.41 bits per heavy atom. The van der Waals surface area contributed by atoms with Crippen molar-refractivity contribution in [1.82, 2.24) is 10.3 Å². The van der Waals surface area contributed by atoms with E-state index in [0.29, 0.717) is 0 Å². The Morgan fingerprint density at radius 3 is 2.94 bits per heavy atom. The molecule has 1 aromatic rings. The van der Waals surface area contributed by atoms with Crippen LogP contribution < -0.4 is 10.6 Å². The molecule has 0 radical (unpaired) electrons. The number of hydrogen-bond donors (Lipinski definition) is 2. The van der Waals surface area contributed by atoms with Crippen molar-refractivity contribution in [1.29, 1.82) is 0 Å². The summed E-state index contributed by atoms with van der Waals surface area (Å²) in [6.07, 6.45) is 1.83. The van der Waals surface area contributed by atoms with Crippen molar-refractivity contribution in [2.45, 2.75) is 39.7 Å². The number of hydrogen-bond acceptors (Lipinski definition) is 4. The zero-order chi connectivity index (χ0) is 12.4. The lowest BCUT2D eigenvalue weighted by atomic mass is 10.0. The summed E-state index contributed by atoms with van der Waals surface area (Å²) in [6, 6.07) is 0.265. The molecule has 94 valence electrons. The molecule has 2 heterocycles. The summed E-state index contributed by atoms with van der Waals surface area (Å²) in [5.74, 6) is 0.170. The number of carbonyl (C=O) groups excluding carboxylic acids is 1. The highest BCUT2D eigenvalue weighted by atomic mass is 32.1. The van der Waals surface area contributed by atoms with Gasteiger partial charge in [0, 0.05) is 10.9 Å². The Balaban J connectivity index is 2.02. The minimum absolute atomic E-state index is 0.0734. The van der Waals surface area contributed by atoms with Gasteiger partial charge in [-0.1, -0.05) is 6.92 Å². The third-order valence-corrected chi connectivity index (χ3v) is 4.25. The molecule has 1 fully saturated rings. The van der Waals surface area contributed by atoms with Crippen molar-refractivity contribution >= 4 is 22.4 Å². The van der Waals surface area contributed by atoms with Crippen LogP contribution in [0.5, 0.6) is 0 Å². The van der Waals surface area contributed by atoms with Gasteiger partial charge in [-0.15, -0.1) is 11.3 Å². The highest BCUT2D eigenvalue weighted by Crippen LogP contribution is 2.24. The summed E-state index contributed by atoms with van der Waals surface area (Å²) in [5, 5.41) is 6.96. The monoisotopic (exact) mass is 253 g/mol. The molecule has 0 aromatic carbocycles. The summed E-state index contributed by atoms with van der Waals surface area (Å²) in [4.78, 5) is 17.7. The fraction of sp³-hybridized carbons (Fsp3) is 0.667. The number of nitrogens with one attached hydrogen (secondary N) is 2. The van der Waals surface area contributed by atoms with Gasteiger partial charge in [0.2, 0.25) is 5.91 Å². The number of nitrogens with zero attached hydrogens (tertiary/aromatic N) is 1. The molecule has 1 aliphatic heterocycles. The molecule has 2 N–H and O–H groups in total. The van der Waals surface area contributed by atoms with Gasteiger partial charge in [-0.2, -0.15) is 0 Å². The topological polar surface area (TPSA) is 54.0 Å². The quantitative estimate of drug-likeness (QED) is 0.865. The molecular formula is C12H19N3OS. The second-order valence-electron chi connectivity index (χ2n) is 4.50. The maximum absolute atomic E-state index is 12.0. The molecule has 0 bridgehead atoms. The Labute approximate surface area is 106 Å². The van der Waals surface area contributed by atoms with Gasteiger partial charge in [0.1, 0.15) is 0 Å². The number of thiazole rings is 1. The molecular weight excluding hydrogens is 234 g/mol. The van der Waals surface area contributed by atoms with Crippen LogP contribution in [0.3, 0.4) is 0 Å². The number of rotatable bonds is 3. The van der Waals surface area contributed by atoms with Crippen molar-refractivity contribution in [2.24, 2.45) is 5.92 Å². The second-order valence-corrected chi connectivity index (χ2v) is 5.71. The normalized spacial score (nSPS) is 23.9. The minimum atomic E-state index is 0.0734. The minimum Gasteiger partial charge on any atom is -0.313 e. The third-order valence-electron chi connectivity index (χ3n) is 3.32. The molecule has 1 aromatic heterocycles. The van der Waals surface area contributed by atoms with E-state index in [9.17, 15) is 4.79 Å². The number of aryl methyl sites for hydroxylation is 2. The van der Waals surface area contributed by atoms with Crippen LogP contribution in [0.1, 0.15) is 30.8 Å². The van der Waals surface area contributed by atoms with Gasteiger partial charge in [-0.25, -0.2) is 4.98 Å². The highest BCUT2D eigenvalue weighted by molar-refractivity contribution is 7.15. The van der Waals surface area contributed by atoms with E-state index in [1.165, 1.54) is 4.88 Å². The molecule has 0 spiro atoms. The van der Waals surface area contributed by atoms with Crippen LogP contribution in [0.4, 0.5) is 5.13 Å². The van der Waals surface area contributed by atoms with Crippen LogP contribution in [0.2, 0.25) is 0 Å². The standard InChI is InChI=1S/C12H19N3OS/c1-4-10-8(3)17-12(14-10)15-11(16)9-5-6-13-7(9)2/h7,9,13H,4-6H2,1-3H3,(H,14,15,16). The maximum atomic E-state index is 12.0. The SMILES string of the molecule is CCc1nc(NC(=O)C2CCNC2C)sc1C. The first-order chi connectivity index (χ1) is 8.11. The number of aromatic nitrogens is 1. The van der Waals surface area contributed by atoms with Crippen molar-refractivity contribution in [2.75, 3.05) is 11.9 Å². The molecule has 4 nitrogen and oxygen atoms in total. The van der Waals surface area contributed by atoms with Gasteiger partial charge in [0.25, 0.3) is 0 Å². The summed E-state index contributed by atoms with van der Waals surface area (Å²) < 4.78 is 0. The Bertz CT molecular complexity index is 416. The highest BCUT2D eigenvalue weighted by Gasteiger charge is 2.29. The molecule has 1 aliphatic rings. The van der Waals surface area contributed by atoms with Crippen LogP contribution in [0, 0.1) is 12.8 Å². The number of amides is 1. The molecule has 2 unspecified atom stereocenters. The van der Waals surface area contributed by atoms with E-state index in [2.05, 4.69) is 29.5 Å². The van der Waals surface area contributed by atoms with Gasteiger partial charge in [-0.05, 0) is 33.2 Å². The van der Waals surface area contributed by atoms with E-state index in [1.807, 2.05) is 6.92 Å². The van der Waals surface area contributed by atoms with Gasteiger partial charge in [0.05, 0.1) is 11.6 Å². The Kier molecular flexibility index (Phi) is 3.79. The number of anilines is 1. The Hall–Kier alpha value is -0.940. The van der Waals surface area contributed by atoms with Crippen molar-refractivity contribution in [3.8, 4) is 0 Å². The third kappa shape index (κ3) is 2.66. The van der Waals surface area contributed by atoms with Crippen LogP contribution >= 0.6 is 11.3 Å². The zero-order valence-electron chi connectivity index (χ0n) is 10.5. The van der Waals surface area contributed by atoms with Crippen LogP contribution in [-0.2, 0) is 11.2 Å². The first-order valence-electron chi connectivity index (χ1n) is 6.12. The van der Waals surface area contributed by atoms with Gasteiger partial charge >= 0.3 is 0 Å². The van der Waals surface area contributed by atoms with Crippen LogP contribution in [0.15, 0.2) is 0 Å². The molecule has 0 aliphatic carbocycles. The van der Waals surface area contributed by atoms with Crippen molar-refractivity contribution in [3.63, 3.8) is 0 Å². The number of carbonyl (C=O) groups is 1. The maximum Gasteiger partial charge on any atom is 0.230 e. The second kappa shape index (κ2) is 5.14. The smallest absolute Gasteiger partial charge is 0.230 e. The first-order valence-corrected chi connectivity index (χ1v) is 6.94. The lowest BCUT2D eigenvalue weighted by Crippen LogP contribution is -2.32. The average Bonchev–Trinajstić information content (AvgIpc) is 2.84. The fourth-order valence-corrected chi connectivity index (χ4v) is 3.13. The average molecular weight is 253 g/mol. The summed E-state index contributed by atoms with van der Waals surface area (Å²) >= 11 is 1.56. The molecule has 1 amide bonds. The molecule has 1 saturated heterocycles. The Morgan fingerprint density at radius 1 is 1.65 bits per heavy atom. The van der Waals surface area contributed by atoms with Gasteiger partial charge < -0.3 is 10.6 Å². The van der Waals surface area contributed by atoms with E-state index in [0.717, 1.165) is 30.2 Å². The lowest BCUT2D eigenvalue weighted by molar-refractivity contribution is -0.119. The van der Waals surface area contributed by atoms with E-state index in [4.69, 9.17) is 0 Å². The summed E-state index contributed by atoms with van der Waals surface area (Å²) in [6.45, 7) is 7.11. The lowest BCUT2D eigenvalue weighted by Gasteiger charge is -2.13. The predicted octanol–water partition coefficient (Wildman–Crippen LogP) is 1.95. The van der Waals surface area contributed by atoms with Crippen LogP contribution in [0.25, 0.3) is 0 Å². The van der Waals surface area contributed by atoms with E-state index < -0.39 is 0 Å². The molecule has 17 heavy (non-hydrogen) atoms. The molecule has 5 heteroatoms. The van der Waals surface area contributed by atoms with Crippen molar-refractivity contribution < 1.29 is 4.79 Å². The van der Waals surface area contributed by atoms with E-state index in [1.54, 1.807) is 11.3 Å². The summed E-state index contributed by atoms with van der Waals surface area (Å²) in [7, 11) is 0. The molecule has 2 atom stereocenters. The van der Waals surface area contributed by atoms with Crippen LogP contribution in [-0.4, -0.2) is 23.5 Å².